The van der Waals surface area contributed by atoms with Crippen LogP contribution in [0.5, 0.6) is 0 Å². The van der Waals surface area contributed by atoms with Crippen LogP contribution in [0.2, 0.25) is 0 Å². The predicted octanol–water partition coefficient (Wildman–Crippen LogP) is 2.24. The lowest BCUT2D eigenvalue weighted by molar-refractivity contribution is 0.774. The zero-order valence-electron chi connectivity index (χ0n) is 13.4. The van der Waals surface area contributed by atoms with Gasteiger partial charge in [-0.2, -0.15) is 5.10 Å². The molecule has 7 nitrogen and oxygen atoms in total. The molecule has 0 saturated carbocycles. The molecule has 0 saturated heterocycles. The molecule has 0 unspecified atom stereocenters. The SMILES string of the molecule is C=C(N)c1cc(C)c(N)nc1Nc1cnc2c(c1)c(C)nn2C. The molecule has 0 radical (unpaired) electrons. The van der Waals surface area contributed by atoms with E-state index in [0.29, 0.717) is 17.3 Å². The van der Waals surface area contributed by atoms with Crippen molar-refractivity contribution < 1.29 is 0 Å². The topological polar surface area (TPSA) is 108 Å². The largest absolute Gasteiger partial charge is 0.399 e. The van der Waals surface area contributed by atoms with Crippen molar-refractivity contribution in [3.8, 4) is 0 Å². The maximum Gasteiger partial charge on any atom is 0.157 e. The standard InChI is InChI=1S/C16H19N7/c1-8-5-12(9(2)17)15(21-14(8)18)20-11-6-13-10(3)22-23(4)16(13)19-7-11/h5-7H,2,17H2,1,3-4H3,(H3,18,20,21). The molecule has 3 aromatic rings. The van der Waals surface area contributed by atoms with Crippen molar-refractivity contribution in [2.24, 2.45) is 12.8 Å². The zero-order chi connectivity index (χ0) is 16.7. The molecule has 0 aliphatic rings. The van der Waals surface area contributed by atoms with E-state index in [0.717, 1.165) is 33.5 Å². The Balaban J connectivity index is 2.07. The molecule has 0 aromatic carbocycles. The van der Waals surface area contributed by atoms with Crippen LogP contribution in [0.1, 0.15) is 16.8 Å². The van der Waals surface area contributed by atoms with Gasteiger partial charge in [-0.05, 0) is 31.5 Å². The molecule has 3 aromatic heterocycles. The summed E-state index contributed by atoms with van der Waals surface area (Å²) in [6.07, 6.45) is 1.73. The summed E-state index contributed by atoms with van der Waals surface area (Å²) in [7, 11) is 1.87. The fourth-order valence-corrected chi connectivity index (χ4v) is 2.48. The molecule has 0 fully saturated rings. The Morgan fingerprint density at radius 3 is 2.74 bits per heavy atom. The van der Waals surface area contributed by atoms with Crippen LogP contribution in [-0.2, 0) is 7.05 Å². The highest BCUT2D eigenvalue weighted by molar-refractivity contribution is 5.83. The molecule has 23 heavy (non-hydrogen) atoms. The van der Waals surface area contributed by atoms with Crippen molar-refractivity contribution in [1.29, 1.82) is 0 Å². The Morgan fingerprint density at radius 2 is 2.04 bits per heavy atom. The molecule has 0 aliphatic carbocycles. The maximum absolute atomic E-state index is 5.91. The summed E-state index contributed by atoms with van der Waals surface area (Å²) >= 11 is 0. The quantitative estimate of drug-likeness (QED) is 0.685. The van der Waals surface area contributed by atoms with Crippen LogP contribution < -0.4 is 16.8 Å². The number of pyridine rings is 2. The Bertz CT molecular complexity index is 924. The predicted molar refractivity (Wildman–Crippen MR) is 93.1 cm³/mol. The number of fused-ring (bicyclic) bond motifs is 1. The highest BCUT2D eigenvalue weighted by Gasteiger charge is 2.12. The van der Waals surface area contributed by atoms with E-state index in [1.54, 1.807) is 10.9 Å². The van der Waals surface area contributed by atoms with E-state index in [2.05, 4.69) is 27.0 Å². The molecule has 0 atom stereocenters. The number of aromatic nitrogens is 4. The number of nitrogens with one attached hydrogen (secondary N) is 1. The van der Waals surface area contributed by atoms with E-state index in [9.17, 15) is 0 Å². The highest BCUT2D eigenvalue weighted by atomic mass is 15.3. The van der Waals surface area contributed by atoms with Gasteiger partial charge in [-0.1, -0.05) is 6.58 Å². The molecule has 3 heterocycles. The second-order valence-corrected chi connectivity index (χ2v) is 5.54. The first kappa shape index (κ1) is 14.8. The van der Waals surface area contributed by atoms with Crippen molar-refractivity contribution in [2.75, 3.05) is 11.1 Å². The van der Waals surface area contributed by atoms with Gasteiger partial charge in [0.05, 0.1) is 17.6 Å². The van der Waals surface area contributed by atoms with Gasteiger partial charge in [-0.25, -0.2) is 9.97 Å². The van der Waals surface area contributed by atoms with Gasteiger partial charge in [-0.15, -0.1) is 0 Å². The molecular formula is C16H19N7. The third-order valence-corrected chi connectivity index (χ3v) is 3.72. The van der Waals surface area contributed by atoms with Crippen LogP contribution in [-0.4, -0.2) is 19.7 Å². The van der Waals surface area contributed by atoms with Gasteiger partial charge in [0.2, 0.25) is 0 Å². The first-order valence-electron chi connectivity index (χ1n) is 7.15. The summed E-state index contributed by atoms with van der Waals surface area (Å²) in [4.78, 5) is 8.81. The number of anilines is 3. The van der Waals surface area contributed by atoms with Crippen molar-refractivity contribution in [2.45, 2.75) is 13.8 Å². The van der Waals surface area contributed by atoms with Crippen LogP contribution in [0, 0.1) is 13.8 Å². The second kappa shape index (κ2) is 5.28. The number of rotatable bonds is 3. The molecule has 5 N–H and O–H groups in total. The Labute approximate surface area is 134 Å². The van der Waals surface area contributed by atoms with Gasteiger partial charge in [0.1, 0.15) is 11.6 Å². The van der Waals surface area contributed by atoms with E-state index in [1.165, 1.54) is 0 Å². The maximum atomic E-state index is 5.91. The normalized spacial score (nSPS) is 10.9. The Hall–Kier alpha value is -3.09. The summed E-state index contributed by atoms with van der Waals surface area (Å²) in [5.41, 5.74) is 16.3. The summed E-state index contributed by atoms with van der Waals surface area (Å²) in [5, 5.41) is 8.56. The van der Waals surface area contributed by atoms with Crippen LogP contribution in [0.25, 0.3) is 16.7 Å². The third-order valence-electron chi connectivity index (χ3n) is 3.72. The minimum absolute atomic E-state index is 0.426. The average molecular weight is 309 g/mol. The summed E-state index contributed by atoms with van der Waals surface area (Å²) in [6, 6.07) is 3.85. The van der Waals surface area contributed by atoms with Crippen molar-refractivity contribution in [3.05, 3.63) is 41.7 Å². The monoisotopic (exact) mass is 309 g/mol. The molecule has 3 rings (SSSR count). The highest BCUT2D eigenvalue weighted by Crippen LogP contribution is 2.27. The van der Waals surface area contributed by atoms with Crippen molar-refractivity contribution in [1.82, 2.24) is 19.7 Å². The van der Waals surface area contributed by atoms with Crippen molar-refractivity contribution in [3.63, 3.8) is 0 Å². The van der Waals surface area contributed by atoms with Gasteiger partial charge >= 0.3 is 0 Å². The number of hydrogen-bond acceptors (Lipinski definition) is 6. The number of aryl methyl sites for hydroxylation is 3. The lowest BCUT2D eigenvalue weighted by Crippen LogP contribution is -2.06. The molecule has 7 heteroatoms. The van der Waals surface area contributed by atoms with Crippen molar-refractivity contribution >= 4 is 34.1 Å². The van der Waals surface area contributed by atoms with Crippen LogP contribution in [0.15, 0.2) is 24.9 Å². The minimum Gasteiger partial charge on any atom is -0.399 e. The zero-order valence-corrected chi connectivity index (χ0v) is 13.4. The fourth-order valence-electron chi connectivity index (χ4n) is 2.48. The van der Waals surface area contributed by atoms with E-state index in [1.807, 2.05) is 33.0 Å². The van der Waals surface area contributed by atoms with Gasteiger partial charge in [0.15, 0.2) is 5.65 Å². The first-order valence-corrected chi connectivity index (χ1v) is 7.15. The van der Waals surface area contributed by atoms with E-state index in [-0.39, 0.29) is 0 Å². The van der Waals surface area contributed by atoms with Crippen LogP contribution in [0.3, 0.4) is 0 Å². The summed E-state index contributed by atoms with van der Waals surface area (Å²) in [6.45, 7) is 7.62. The second-order valence-electron chi connectivity index (χ2n) is 5.54. The van der Waals surface area contributed by atoms with Gasteiger partial charge in [-0.3, -0.25) is 4.68 Å². The number of nitrogen functional groups attached to an aromatic ring is 1. The third kappa shape index (κ3) is 2.57. The lowest BCUT2D eigenvalue weighted by atomic mass is 10.1. The number of nitrogens with two attached hydrogens (primary N) is 2. The molecule has 0 amide bonds. The van der Waals surface area contributed by atoms with E-state index in [4.69, 9.17) is 11.5 Å². The van der Waals surface area contributed by atoms with E-state index < -0.39 is 0 Å². The van der Waals surface area contributed by atoms with Gasteiger partial charge < -0.3 is 16.8 Å². The molecule has 0 bridgehead atoms. The van der Waals surface area contributed by atoms with Gasteiger partial charge in [0.25, 0.3) is 0 Å². The molecule has 0 aliphatic heterocycles. The molecule has 0 spiro atoms. The lowest BCUT2D eigenvalue weighted by Gasteiger charge is -2.13. The number of nitrogens with zero attached hydrogens (tertiary/aromatic N) is 4. The van der Waals surface area contributed by atoms with Crippen LogP contribution >= 0.6 is 0 Å². The number of hydrogen-bond donors (Lipinski definition) is 3. The smallest absolute Gasteiger partial charge is 0.157 e. The Morgan fingerprint density at radius 1 is 1.30 bits per heavy atom. The first-order chi connectivity index (χ1) is 10.9. The minimum atomic E-state index is 0.426. The van der Waals surface area contributed by atoms with E-state index >= 15 is 0 Å². The molecular weight excluding hydrogens is 290 g/mol. The van der Waals surface area contributed by atoms with Gasteiger partial charge in [0, 0.05) is 23.7 Å². The average Bonchev–Trinajstić information content (AvgIpc) is 2.77. The Kier molecular flexibility index (Phi) is 3.40. The summed E-state index contributed by atoms with van der Waals surface area (Å²) in [5.74, 6) is 1.01. The molecule has 118 valence electrons. The van der Waals surface area contributed by atoms with Crippen LogP contribution in [0.4, 0.5) is 17.3 Å². The fraction of sp³-hybridized carbons (Fsp3) is 0.188. The summed E-state index contributed by atoms with van der Waals surface area (Å²) < 4.78 is 1.75.